The number of rotatable bonds is 2. The third-order valence-corrected chi connectivity index (χ3v) is 0.811. The first-order valence-corrected chi connectivity index (χ1v) is 2.44. The lowest BCUT2D eigenvalue weighted by atomic mass is 10.3. The van der Waals surface area contributed by atoms with Crippen molar-refractivity contribution in [3.63, 3.8) is 0 Å². The largest absolute Gasteiger partial charge is 0.508 e. The number of aliphatic hydroxyl groups excluding tert-OH is 2. The molecule has 52 valence electrons. The Labute approximate surface area is 52.1 Å². The average molecular weight is 132 g/mol. The van der Waals surface area contributed by atoms with E-state index in [4.69, 9.17) is 15.3 Å². The zero-order chi connectivity index (χ0) is 7.44. The number of hydrogen-bond donors (Lipinski definition) is 3. The minimum absolute atomic E-state index is 0.123. The minimum atomic E-state index is -1.51. The van der Waals surface area contributed by atoms with E-state index in [2.05, 4.69) is 0 Å². The third-order valence-electron chi connectivity index (χ3n) is 0.811. The molecule has 0 saturated carbocycles. The van der Waals surface area contributed by atoms with Crippen LogP contribution < -0.4 is 0 Å². The Balaban J connectivity index is 4.28. The number of allylic oxidation sites excluding steroid dienone is 1. The van der Waals surface area contributed by atoms with E-state index in [1.54, 1.807) is 0 Å². The minimum Gasteiger partial charge on any atom is -0.508 e. The van der Waals surface area contributed by atoms with Crippen LogP contribution in [0.3, 0.4) is 0 Å². The zero-order valence-corrected chi connectivity index (χ0v) is 4.96. The van der Waals surface area contributed by atoms with Gasteiger partial charge in [0.25, 0.3) is 0 Å². The second-order valence-electron chi connectivity index (χ2n) is 1.45. The fourth-order valence-corrected chi connectivity index (χ4v) is 0.291. The normalized spacial score (nSPS) is 12.6. The molecule has 0 rings (SSSR count). The maximum absolute atomic E-state index is 9.83. The molecule has 0 radical (unpaired) electrons. The van der Waals surface area contributed by atoms with Crippen molar-refractivity contribution < 1.29 is 20.1 Å². The molecule has 0 aliphatic carbocycles. The van der Waals surface area contributed by atoms with Crippen LogP contribution in [-0.2, 0) is 4.79 Å². The van der Waals surface area contributed by atoms with Gasteiger partial charge in [-0.1, -0.05) is 6.92 Å². The Kier molecular flexibility index (Phi) is 2.57. The van der Waals surface area contributed by atoms with Crippen molar-refractivity contribution in [3.05, 3.63) is 11.5 Å². The summed E-state index contributed by atoms with van der Waals surface area (Å²) < 4.78 is 0. The highest BCUT2D eigenvalue weighted by atomic mass is 16.4. The lowest BCUT2D eigenvalue weighted by Crippen LogP contribution is -2.02. The summed E-state index contributed by atoms with van der Waals surface area (Å²) in [4.78, 5) is 9.83. The molecular formula is C5H8O4. The van der Waals surface area contributed by atoms with Gasteiger partial charge >= 0.3 is 5.97 Å². The van der Waals surface area contributed by atoms with E-state index < -0.39 is 17.5 Å². The third kappa shape index (κ3) is 2.03. The van der Waals surface area contributed by atoms with Gasteiger partial charge in [0.15, 0.2) is 0 Å². The van der Waals surface area contributed by atoms with E-state index in [1.807, 2.05) is 0 Å². The van der Waals surface area contributed by atoms with Crippen LogP contribution >= 0.6 is 0 Å². The zero-order valence-electron chi connectivity index (χ0n) is 4.96. The monoisotopic (exact) mass is 132 g/mol. The van der Waals surface area contributed by atoms with Crippen LogP contribution in [0.1, 0.15) is 13.3 Å². The summed E-state index contributed by atoms with van der Waals surface area (Å²) in [7, 11) is 0. The molecular weight excluding hydrogens is 124 g/mol. The summed E-state index contributed by atoms with van der Waals surface area (Å²) in [6.07, 6.45) is 0.123. The lowest BCUT2D eigenvalue weighted by molar-refractivity contribution is -0.135. The molecule has 0 bridgehead atoms. The second-order valence-corrected chi connectivity index (χ2v) is 1.45. The summed E-state index contributed by atoms with van der Waals surface area (Å²) in [6.45, 7) is 1.54. The quantitative estimate of drug-likeness (QED) is 0.383. The van der Waals surface area contributed by atoms with Crippen molar-refractivity contribution >= 4 is 5.97 Å². The van der Waals surface area contributed by atoms with Crippen molar-refractivity contribution in [2.24, 2.45) is 0 Å². The Hall–Kier alpha value is -1.19. The topological polar surface area (TPSA) is 77.8 Å². The molecule has 4 nitrogen and oxygen atoms in total. The molecule has 4 heteroatoms. The molecule has 0 aromatic rings. The predicted molar refractivity (Wildman–Crippen MR) is 30.2 cm³/mol. The van der Waals surface area contributed by atoms with Crippen molar-refractivity contribution in [2.45, 2.75) is 13.3 Å². The molecule has 0 aliphatic heterocycles. The number of carboxylic acids is 1. The van der Waals surface area contributed by atoms with Gasteiger partial charge in [-0.2, -0.15) is 0 Å². The van der Waals surface area contributed by atoms with Crippen molar-refractivity contribution in [1.29, 1.82) is 0 Å². The van der Waals surface area contributed by atoms with Gasteiger partial charge < -0.3 is 15.3 Å². The molecule has 0 heterocycles. The summed E-state index contributed by atoms with van der Waals surface area (Å²) in [5.74, 6) is -2.98. The highest BCUT2D eigenvalue weighted by molar-refractivity contribution is 5.84. The standard InChI is InChI=1S/C5H8O4/c1-2-3(6)4(7)5(8)9/h6-7H,2H2,1H3,(H,8,9). The number of aliphatic carboxylic acids is 1. The SMILES string of the molecule is CCC(O)=C(O)C(=O)O. The Bertz CT molecular complexity index is 147. The first-order chi connectivity index (χ1) is 4.09. The fourth-order valence-electron chi connectivity index (χ4n) is 0.291. The summed E-state index contributed by atoms with van der Waals surface area (Å²) in [5, 5.41) is 25.0. The molecule has 0 saturated heterocycles. The molecule has 0 atom stereocenters. The van der Waals surface area contributed by atoms with Gasteiger partial charge in [-0.15, -0.1) is 0 Å². The van der Waals surface area contributed by atoms with Crippen LogP contribution in [-0.4, -0.2) is 21.3 Å². The fraction of sp³-hybridized carbons (Fsp3) is 0.400. The van der Waals surface area contributed by atoms with Gasteiger partial charge in [0.05, 0.1) is 0 Å². The van der Waals surface area contributed by atoms with E-state index in [9.17, 15) is 4.79 Å². The second kappa shape index (κ2) is 2.96. The lowest BCUT2D eigenvalue weighted by Gasteiger charge is -1.94. The van der Waals surface area contributed by atoms with Crippen molar-refractivity contribution in [3.8, 4) is 0 Å². The average Bonchev–Trinajstić information content (AvgIpc) is 1.84. The van der Waals surface area contributed by atoms with Crippen LogP contribution in [0.15, 0.2) is 11.5 Å². The summed E-state index contributed by atoms with van der Waals surface area (Å²) in [5.41, 5.74) is 0. The van der Waals surface area contributed by atoms with Crippen molar-refractivity contribution in [1.82, 2.24) is 0 Å². The van der Waals surface area contributed by atoms with Crippen molar-refractivity contribution in [2.75, 3.05) is 0 Å². The number of carbonyl (C=O) groups is 1. The van der Waals surface area contributed by atoms with E-state index in [-0.39, 0.29) is 6.42 Å². The van der Waals surface area contributed by atoms with Crippen LogP contribution in [0.25, 0.3) is 0 Å². The van der Waals surface area contributed by atoms with Gasteiger partial charge in [0, 0.05) is 6.42 Å². The summed E-state index contributed by atoms with van der Waals surface area (Å²) in [6, 6.07) is 0. The van der Waals surface area contributed by atoms with E-state index >= 15 is 0 Å². The first-order valence-electron chi connectivity index (χ1n) is 2.44. The Morgan fingerprint density at radius 3 is 1.89 bits per heavy atom. The predicted octanol–water partition coefficient (Wildman–Crippen LogP) is 0.809. The number of aliphatic hydroxyl groups is 2. The van der Waals surface area contributed by atoms with Gasteiger partial charge in [0.2, 0.25) is 5.76 Å². The van der Waals surface area contributed by atoms with E-state index in [1.165, 1.54) is 6.92 Å². The molecule has 0 amide bonds. The highest BCUT2D eigenvalue weighted by Crippen LogP contribution is 2.00. The van der Waals surface area contributed by atoms with Crippen LogP contribution in [0, 0.1) is 0 Å². The van der Waals surface area contributed by atoms with Crippen LogP contribution in [0.2, 0.25) is 0 Å². The molecule has 9 heavy (non-hydrogen) atoms. The van der Waals surface area contributed by atoms with Gasteiger partial charge in [-0.05, 0) is 0 Å². The van der Waals surface area contributed by atoms with Gasteiger partial charge in [0.1, 0.15) is 5.76 Å². The van der Waals surface area contributed by atoms with E-state index in [0.29, 0.717) is 0 Å². The Morgan fingerprint density at radius 1 is 1.33 bits per heavy atom. The summed E-state index contributed by atoms with van der Waals surface area (Å²) >= 11 is 0. The first kappa shape index (κ1) is 7.81. The molecule has 0 unspecified atom stereocenters. The molecule has 0 aromatic heterocycles. The maximum Gasteiger partial charge on any atom is 0.374 e. The van der Waals surface area contributed by atoms with Crippen LogP contribution in [0.4, 0.5) is 0 Å². The highest BCUT2D eigenvalue weighted by Gasteiger charge is 2.08. The molecule has 0 aliphatic rings. The van der Waals surface area contributed by atoms with E-state index in [0.717, 1.165) is 0 Å². The van der Waals surface area contributed by atoms with Gasteiger partial charge in [-0.25, -0.2) is 4.79 Å². The number of hydrogen-bond acceptors (Lipinski definition) is 3. The maximum atomic E-state index is 9.83. The number of carboxylic acid groups (broad SMARTS) is 1. The smallest absolute Gasteiger partial charge is 0.374 e. The molecule has 0 fully saturated rings. The molecule has 0 spiro atoms. The van der Waals surface area contributed by atoms with Gasteiger partial charge in [-0.3, -0.25) is 0 Å². The Morgan fingerprint density at radius 2 is 1.78 bits per heavy atom. The molecule has 3 N–H and O–H groups in total. The molecule has 0 aromatic carbocycles. The van der Waals surface area contributed by atoms with Crippen LogP contribution in [0.5, 0.6) is 0 Å².